The van der Waals surface area contributed by atoms with Gasteiger partial charge in [-0.15, -0.1) is 0 Å². The molecule has 0 amide bonds. The molecule has 78 valence electrons. The fourth-order valence-corrected chi connectivity index (χ4v) is 4.43. The molecular weight excluding hydrogens is 216 g/mol. The summed E-state index contributed by atoms with van der Waals surface area (Å²) in [6.45, 7) is 0. The van der Waals surface area contributed by atoms with Crippen molar-refractivity contribution in [2.45, 2.75) is 25.7 Å². The highest BCUT2D eigenvalue weighted by Crippen LogP contribution is 2.15. The quantitative estimate of drug-likeness (QED) is 0.628. The van der Waals surface area contributed by atoms with E-state index < -0.39 is 0 Å². The monoisotopic (exact) mass is 236 g/mol. The van der Waals surface area contributed by atoms with E-state index in [9.17, 15) is 0 Å². The minimum Gasteiger partial charge on any atom is -0.162 e. The van der Waals surface area contributed by atoms with Crippen LogP contribution < -0.4 is 0 Å². The van der Waals surface area contributed by atoms with Crippen molar-refractivity contribution in [3.8, 4) is 0 Å². The van der Waals surface area contributed by atoms with E-state index in [0.717, 1.165) is 0 Å². The summed E-state index contributed by atoms with van der Waals surface area (Å²) in [5.74, 6) is 8.34. The topological polar surface area (TPSA) is 0 Å². The molecule has 0 nitrogen and oxygen atoms in total. The third-order valence-corrected chi connectivity index (χ3v) is 5.45. The highest BCUT2D eigenvalue weighted by Gasteiger charge is 1.96. The molecule has 1 aliphatic rings. The average molecular weight is 236 g/mol. The molecule has 13 heavy (non-hydrogen) atoms. The van der Waals surface area contributed by atoms with Crippen molar-refractivity contribution in [3.63, 3.8) is 0 Å². The van der Waals surface area contributed by atoms with E-state index in [4.69, 9.17) is 0 Å². The zero-order chi connectivity index (χ0) is 9.19. The van der Waals surface area contributed by atoms with Crippen LogP contribution in [0.4, 0.5) is 0 Å². The maximum atomic E-state index is 2.15. The van der Waals surface area contributed by atoms with Gasteiger partial charge < -0.3 is 0 Å². The first-order valence-electron chi connectivity index (χ1n) is 5.23. The molecule has 1 saturated heterocycles. The van der Waals surface area contributed by atoms with Crippen LogP contribution in [0.3, 0.4) is 0 Å². The van der Waals surface area contributed by atoms with E-state index in [0.29, 0.717) is 0 Å². The second-order valence-electron chi connectivity index (χ2n) is 3.25. The molecule has 0 aromatic carbocycles. The first-order valence-corrected chi connectivity index (χ1v) is 8.70. The Kier molecular flexibility index (Phi) is 8.95. The zero-order valence-electron chi connectivity index (χ0n) is 8.30. The summed E-state index contributed by atoms with van der Waals surface area (Å²) < 4.78 is 0. The molecule has 1 aliphatic heterocycles. The minimum atomic E-state index is 1.39. The first kappa shape index (κ1) is 12.1. The van der Waals surface area contributed by atoms with Crippen LogP contribution >= 0.6 is 35.3 Å². The Hall–Kier alpha value is 1.05. The van der Waals surface area contributed by atoms with E-state index in [-0.39, 0.29) is 0 Å². The second kappa shape index (κ2) is 9.60. The van der Waals surface area contributed by atoms with Gasteiger partial charge in [-0.05, 0) is 60.2 Å². The van der Waals surface area contributed by atoms with Gasteiger partial charge in [0.15, 0.2) is 0 Å². The van der Waals surface area contributed by atoms with Gasteiger partial charge in [0, 0.05) is 0 Å². The summed E-state index contributed by atoms with van der Waals surface area (Å²) in [6.07, 6.45) is 5.71. The predicted octanol–water partition coefficient (Wildman–Crippen LogP) is 3.76. The van der Waals surface area contributed by atoms with E-state index >= 15 is 0 Å². The third kappa shape index (κ3) is 8.07. The van der Waals surface area contributed by atoms with Gasteiger partial charge in [0.05, 0.1) is 0 Å². The van der Waals surface area contributed by atoms with Gasteiger partial charge in [-0.1, -0.05) is 0 Å². The standard InChI is InChI=1S/C10H20S3/c1-2-6-12-8-4-10-13-9-3-7-11-5-1/h1-10H2. The van der Waals surface area contributed by atoms with Gasteiger partial charge in [0.2, 0.25) is 0 Å². The molecule has 0 atom stereocenters. The maximum Gasteiger partial charge on any atom is -0.00597 e. The summed E-state index contributed by atoms with van der Waals surface area (Å²) in [6, 6.07) is 0. The lowest BCUT2D eigenvalue weighted by atomic mass is 10.4. The lowest BCUT2D eigenvalue weighted by Gasteiger charge is -2.00. The summed E-state index contributed by atoms with van der Waals surface area (Å²) >= 11 is 6.45. The van der Waals surface area contributed by atoms with Gasteiger partial charge in [-0.3, -0.25) is 0 Å². The van der Waals surface area contributed by atoms with Gasteiger partial charge in [-0.25, -0.2) is 0 Å². The van der Waals surface area contributed by atoms with Crippen molar-refractivity contribution in [2.75, 3.05) is 34.5 Å². The lowest BCUT2D eigenvalue weighted by molar-refractivity contribution is 0.905. The minimum absolute atomic E-state index is 1.39. The molecule has 0 aromatic heterocycles. The highest BCUT2D eigenvalue weighted by atomic mass is 32.2. The largest absolute Gasteiger partial charge is 0.162 e. The molecule has 0 aromatic rings. The number of thioether (sulfide) groups is 3. The van der Waals surface area contributed by atoms with Crippen molar-refractivity contribution in [1.29, 1.82) is 0 Å². The fraction of sp³-hybridized carbons (Fsp3) is 1.00. The molecule has 0 bridgehead atoms. The summed E-state index contributed by atoms with van der Waals surface area (Å²) in [5, 5.41) is 0. The van der Waals surface area contributed by atoms with Crippen molar-refractivity contribution < 1.29 is 0 Å². The van der Waals surface area contributed by atoms with Gasteiger partial charge >= 0.3 is 0 Å². The normalized spacial score (nSPS) is 24.0. The molecular formula is C10H20S3. The molecule has 0 aliphatic carbocycles. The van der Waals surface area contributed by atoms with Gasteiger partial charge in [-0.2, -0.15) is 35.3 Å². The molecule has 1 rings (SSSR count). The fourth-order valence-electron chi connectivity index (χ4n) is 1.24. The average Bonchev–Trinajstić information content (AvgIpc) is 2.18. The van der Waals surface area contributed by atoms with Crippen molar-refractivity contribution in [3.05, 3.63) is 0 Å². The van der Waals surface area contributed by atoms with Crippen LogP contribution in [-0.2, 0) is 0 Å². The predicted molar refractivity (Wildman–Crippen MR) is 70.4 cm³/mol. The second-order valence-corrected chi connectivity index (χ2v) is 6.93. The van der Waals surface area contributed by atoms with Crippen molar-refractivity contribution in [1.82, 2.24) is 0 Å². The number of hydrogen-bond donors (Lipinski definition) is 0. The van der Waals surface area contributed by atoms with E-state index in [1.54, 1.807) is 0 Å². The van der Waals surface area contributed by atoms with Crippen LogP contribution in [0.15, 0.2) is 0 Å². The number of rotatable bonds is 0. The molecule has 0 spiro atoms. The summed E-state index contributed by atoms with van der Waals surface area (Å²) in [4.78, 5) is 0. The zero-order valence-corrected chi connectivity index (χ0v) is 10.7. The summed E-state index contributed by atoms with van der Waals surface area (Å²) in [7, 11) is 0. The Balaban J connectivity index is 2.01. The maximum absolute atomic E-state index is 2.15. The van der Waals surface area contributed by atoms with Crippen LogP contribution in [0.1, 0.15) is 25.7 Å². The van der Waals surface area contributed by atoms with Crippen LogP contribution in [0.25, 0.3) is 0 Å². The third-order valence-electron chi connectivity index (χ3n) is 1.98. The summed E-state index contributed by atoms with van der Waals surface area (Å²) in [5.41, 5.74) is 0. The lowest BCUT2D eigenvalue weighted by Crippen LogP contribution is -1.88. The van der Waals surface area contributed by atoms with Crippen molar-refractivity contribution in [2.24, 2.45) is 0 Å². The Bertz CT molecular complexity index is 58.2. The first-order chi connectivity index (χ1) is 6.50. The molecule has 0 unspecified atom stereocenters. The van der Waals surface area contributed by atoms with Crippen LogP contribution in [0.5, 0.6) is 0 Å². The Morgan fingerprint density at radius 2 is 0.692 bits per heavy atom. The van der Waals surface area contributed by atoms with E-state index in [2.05, 4.69) is 35.3 Å². The van der Waals surface area contributed by atoms with Crippen LogP contribution in [-0.4, -0.2) is 34.5 Å². The highest BCUT2D eigenvalue weighted by molar-refractivity contribution is 8.00. The van der Waals surface area contributed by atoms with E-state index in [1.165, 1.54) is 60.2 Å². The Morgan fingerprint density at radius 1 is 0.385 bits per heavy atom. The van der Waals surface area contributed by atoms with Crippen LogP contribution in [0, 0.1) is 0 Å². The molecule has 0 saturated carbocycles. The molecule has 3 heteroatoms. The van der Waals surface area contributed by atoms with Gasteiger partial charge in [0.1, 0.15) is 0 Å². The smallest absolute Gasteiger partial charge is 0.00597 e. The Labute approximate surface area is 95.4 Å². The van der Waals surface area contributed by atoms with Crippen LogP contribution in [0.2, 0.25) is 0 Å². The van der Waals surface area contributed by atoms with Gasteiger partial charge in [0.25, 0.3) is 0 Å². The molecule has 1 heterocycles. The molecule has 0 radical (unpaired) electrons. The van der Waals surface area contributed by atoms with E-state index in [1.807, 2.05) is 0 Å². The molecule has 1 fully saturated rings. The number of hydrogen-bond acceptors (Lipinski definition) is 3. The molecule has 0 N–H and O–H groups in total. The van der Waals surface area contributed by atoms with Crippen molar-refractivity contribution >= 4 is 35.3 Å². The SMILES string of the molecule is C1CCSCCCSCCCSC1. The Morgan fingerprint density at radius 3 is 1.08 bits per heavy atom.